The summed E-state index contributed by atoms with van der Waals surface area (Å²) in [7, 11) is 1.95. The molecule has 0 aliphatic carbocycles. The van der Waals surface area contributed by atoms with Crippen LogP contribution in [-0.2, 0) is 12.5 Å². The molecule has 3 aromatic rings. The lowest BCUT2D eigenvalue weighted by molar-refractivity contribution is 0.0998. The number of amides is 1. The van der Waals surface area contributed by atoms with Crippen molar-refractivity contribution in [3.05, 3.63) is 64.0 Å². The van der Waals surface area contributed by atoms with Crippen molar-refractivity contribution in [2.24, 2.45) is 12.0 Å². The first-order chi connectivity index (χ1) is 11.3. The summed E-state index contributed by atoms with van der Waals surface area (Å²) >= 11 is 1.54. The van der Waals surface area contributed by atoms with Crippen LogP contribution in [0.5, 0.6) is 0 Å². The molecule has 1 heterocycles. The average Bonchev–Trinajstić information content (AvgIpc) is 2.82. The lowest BCUT2D eigenvalue weighted by Crippen LogP contribution is -2.14. The molecule has 2 aromatic carbocycles. The molecule has 24 heavy (non-hydrogen) atoms. The van der Waals surface area contributed by atoms with E-state index in [2.05, 4.69) is 50.9 Å². The smallest absolute Gasteiger partial charge is 0.279 e. The van der Waals surface area contributed by atoms with Gasteiger partial charge in [0.15, 0.2) is 4.80 Å². The van der Waals surface area contributed by atoms with Crippen molar-refractivity contribution in [1.29, 1.82) is 0 Å². The monoisotopic (exact) mass is 338 g/mol. The van der Waals surface area contributed by atoms with Gasteiger partial charge in [0.2, 0.25) is 0 Å². The van der Waals surface area contributed by atoms with E-state index in [1.54, 1.807) is 11.3 Å². The van der Waals surface area contributed by atoms with Crippen LogP contribution in [0, 0.1) is 6.92 Å². The summed E-state index contributed by atoms with van der Waals surface area (Å²) in [6.45, 7) is 8.55. The minimum Gasteiger partial charge on any atom is -0.319 e. The SMILES string of the molecule is Cc1ccc2c(c1)sc(=NC(=O)c1ccc(C(C)(C)C)cc1)n2C. The maximum Gasteiger partial charge on any atom is 0.279 e. The molecule has 3 nitrogen and oxygen atoms in total. The number of carbonyl (C=O) groups excluding carboxylic acids is 1. The van der Waals surface area contributed by atoms with Crippen molar-refractivity contribution >= 4 is 27.5 Å². The van der Waals surface area contributed by atoms with Gasteiger partial charge in [0.05, 0.1) is 10.2 Å². The number of benzene rings is 2. The molecule has 0 saturated heterocycles. The Balaban J connectivity index is 1.99. The van der Waals surface area contributed by atoms with Crippen LogP contribution >= 0.6 is 11.3 Å². The van der Waals surface area contributed by atoms with E-state index in [9.17, 15) is 4.79 Å². The van der Waals surface area contributed by atoms with E-state index in [-0.39, 0.29) is 11.3 Å². The summed E-state index contributed by atoms with van der Waals surface area (Å²) in [5, 5.41) is 0. The molecule has 0 N–H and O–H groups in total. The standard InChI is InChI=1S/C20H22N2OS/c1-13-6-11-16-17(12-13)24-19(22(16)5)21-18(23)14-7-9-15(10-8-14)20(2,3)4/h6-12H,1-5H3. The predicted octanol–water partition coefficient (Wildman–Crippen LogP) is 4.59. The molecule has 0 aliphatic rings. The number of hydrogen-bond acceptors (Lipinski definition) is 2. The van der Waals surface area contributed by atoms with E-state index in [0.29, 0.717) is 5.56 Å². The molecule has 0 saturated carbocycles. The summed E-state index contributed by atoms with van der Waals surface area (Å²) in [5.74, 6) is -0.200. The van der Waals surface area contributed by atoms with Crippen LogP contribution in [-0.4, -0.2) is 10.5 Å². The summed E-state index contributed by atoms with van der Waals surface area (Å²) in [5.41, 5.74) is 4.22. The second-order valence-corrected chi connectivity index (χ2v) is 8.17. The maximum atomic E-state index is 12.5. The van der Waals surface area contributed by atoms with Crippen molar-refractivity contribution in [2.45, 2.75) is 33.1 Å². The fraction of sp³-hybridized carbons (Fsp3) is 0.300. The number of nitrogens with zero attached hydrogens (tertiary/aromatic N) is 2. The van der Waals surface area contributed by atoms with Gasteiger partial charge in [-0.15, -0.1) is 0 Å². The largest absolute Gasteiger partial charge is 0.319 e. The van der Waals surface area contributed by atoms with Gasteiger partial charge in [0.1, 0.15) is 0 Å². The molecule has 4 heteroatoms. The molecule has 1 aromatic heterocycles. The minimum atomic E-state index is -0.200. The number of aryl methyl sites for hydroxylation is 2. The number of hydrogen-bond donors (Lipinski definition) is 0. The first-order valence-corrected chi connectivity index (χ1v) is 8.83. The van der Waals surface area contributed by atoms with Crippen LogP contribution in [0.25, 0.3) is 10.2 Å². The summed E-state index contributed by atoms with van der Waals surface area (Å²) in [6.07, 6.45) is 0. The Hall–Kier alpha value is -2.20. The van der Waals surface area contributed by atoms with E-state index in [4.69, 9.17) is 0 Å². The quantitative estimate of drug-likeness (QED) is 0.639. The van der Waals surface area contributed by atoms with Crippen LogP contribution in [0.15, 0.2) is 47.5 Å². The van der Waals surface area contributed by atoms with Gasteiger partial charge in [-0.1, -0.05) is 50.3 Å². The van der Waals surface area contributed by atoms with E-state index in [1.807, 2.05) is 35.9 Å². The highest BCUT2D eigenvalue weighted by Gasteiger charge is 2.14. The van der Waals surface area contributed by atoms with Crippen molar-refractivity contribution in [1.82, 2.24) is 4.57 Å². The van der Waals surface area contributed by atoms with Gasteiger partial charge in [0.25, 0.3) is 5.91 Å². The number of aromatic nitrogens is 1. The zero-order chi connectivity index (χ0) is 17.5. The van der Waals surface area contributed by atoms with Gasteiger partial charge in [0, 0.05) is 12.6 Å². The lowest BCUT2D eigenvalue weighted by atomic mass is 9.87. The summed E-state index contributed by atoms with van der Waals surface area (Å²) in [6, 6.07) is 14.0. The minimum absolute atomic E-state index is 0.0779. The molecule has 0 spiro atoms. The molecule has 1 amide bonds. The highest BCUT2D eigenvalue weighted by Crippen LogP contribution is 2.22. The average molecular weight is 338 g/mol. The fourth-order valence-electron chi connectivity index (χ4n) is 2.61. The Morgan fingerprint density at radius 2 is 1.75 bits per heavy atom. The van der Waals surface area contributed by atoms with Gasteiger partial charge < -0.3 is 4.57 Å². The molecule has 0 fully saturated rings. The van der Waals surface area contributed by atoms with Crippen LogP contribution in [0.4, 0.5) is 0 Å². The fourth-order valence-corrected chi connectivity index (χ4v) is 3.73. The van der Waals surface area contributed by atoms with E-state index < -0.39 is 0 Å². The number of fused-ring (bicyclic) bond motifs is 1. The van der Waals surface area contributed by atoms with Gasteiger partial charge >= 0.3 is 0 Å². The van der Waals surface area contributed by atoms with Crippen molar-refractivity contribution in [2.75, 3.05) is 0 Å². The molecule has 0 bridgehead atoms. The zero-order valence-electron chi connectivity index (χ0n) is 14.8. The Kier molecular flexibility index (Phi) is 4.18. The molecule has 0 radical (unpaired) electrons. The van der Waals surface area contributed by atoms with Gasteiger partial charge in [-0.2, -0.15) is 4.99 Å². The highest BCUT2D eigenvalue weighted by molar-refractivity contribution is 7.16. The summed E-state index contributed by atoms with van der Waals surface area (Å²) in [4.78, 5) is 17.6. The normalized spacial score (nSPS) is 12.8. The lowest BCUT2D eigenvalue weighted by Gasteiger charge is -2.18. The van der Waals surface area contributed by atoms with Crippen LogP contribution in [0.1, 0.15) is 42.3 Å². The number of thiazole rings is 1. The van der Waals surface area contributed by atoms with Crippen LogP contribution in [0.2, 0.25) is 0 Å². The highest BCUT2D eigenvalue weighted by atomic mass is 32.1. The molecule has 3 rings (SSSR count). The van der Waals surface area contributed by atoms with Crippen molar-refractivity contribution in [3.8, 4) is 0 Å². The second kappa shape index (κ2) is 6.02. The summed E-state index contributed by atoms with van der Waals surface area (Å²) < 4.78 is 3.12. The molecule has 0 aliphatic heterocycles. The Bertz CT molecular complexity index is 970. The number of carbonyl (C=O) groups is 1. The van der Waals surface area contributed by atoms with Gasteiger partial charge in [-0.25, -0.2) is 0 Å². The Labute approximate surface area is 146 Å². The molecular formula is C20H22N2OS. The zero-order valence-corrected chi connectivity index (χ0v) is 15.6. The Morgan fingerprint density at radius 1 is 1.08 bits per heavy atom. The van der Waals surface area contributed by atoms with E-state index in [0.717, 1.165) is 15.0 Å². The third-order valence-corrected chi connectivity index (χ3v) is 5.25. The second-order valence-electron chi connectivity index (χ2n) is 7.16. The molecular weight excluding hydrogens is 316 g/mol. The third kappa shape index (κ3) is 3.20. The van der Waals surface area contributed by atoms with E-state index in [1.165, 1.54) is 11.1 Å². The number of rotatable bonds is 1. The molecule has 0 unspecified atom stereocenters. The van der Waals surface area contributed by atoms with Crippen LogP contribution < -0.4 is 4.80 Å². The third-order valence-electron chi connectivity index (χ3n) is 4.16. The molecule has 124 valence electrons. The topological polar surface area (TPSA) is 34.4 Å². The Morgan fingerprint density at radius 3 is 2.38 bits per heavy atom. The van der Waals surface area contributed by atoms with E-state index >= 15 is 0 Å². The molecule has 0 atom stereocenters. The van der Waals surface area contributed by atoms with Gasteiger partial charge in [-0.3, -0.25) is 4.79 Å². The first-order valence-electron chi connectivity index (χ1n) is 8.01. The maximum absolute atomic E-state index is 12.5. The predicted molar refractivity (Wildman–Crippen MR) is 101 cm³/mol. The van der Waals surface area contributed by atoms with Gasteiger partial charge in [-0.05, 0) is 47.7 Å². The van der Waals surface area contributed by atoms with Crippen molar-refractivity contribution < 1.29 is 4.79 Å². The van der Waals surface area contributed by atoms with Crippen molar-refractivity contribution in [3.63, 3.8) is 0 Å². The first kappa shape index (κ1) is 16.7. The van der Waals surface area contributed by atoms with Crippen LogP contribution in [0.3, 0.4) is 0 Å².